The minimum absolute atomic E-state index is 0.226. The first-order chi connectivity index (χ1) is 8.18. The van der Waals surface area contributed by atoms with Gasteiger partial charge in [0.2, 0.25) is 0 Å². The van der Waals surface area contributed by atoms with Crippen LogP contribution in [0, 0.1) is 11.8 Å². The molecule has 1 aliphatic carbocycles. The van der Waals surface area contributed by atoms with Gasteiger partial charge in [0, 0.05) is 4.47 Å². The second-order valence-corrected chi connectivity index (χ2v) is 5.64. The minimum atomic E-state index is -0.646. The van der Waals surface area contributed by atoms with E-state index in [1.54, 1.807) is 0 Å². The van der Waals surface area contributed by atoms with E-state index in [0.29, 0.717) is 12.3 Å². The molecule has 1 aromatic carbocycles. The van der Waals surface area contributed by atoms with Crippen molar-refractivity contribution in [1.82, 2.24) is 0 Å². The number of hydrogen-bond donors (Lipinski definition) is 1. The van der Waals surface area contributed by atoms with E-state index in [1.807, 2.05) is 24.3 Å². The summed E-state index contributed by atoms with van der Waals surface area (Å²) in [5.41, 5.74) is 1.10. The summed E-state index contributed by atoms with van der Waals surface area (Å²) in [7, 11) is 0. The van der Waals surface area contributed by atoms with Gasteiger partial charge < -0.3 is 5.11 Å². The summed E-state index contributed by atoms with van der Waals surface area (Å²) in [5, 5.41) is 9.37. The van der Waals surface area contributed by atoms with Crippen LogP contribution in [0.15, 0.2) is 28.7 Å². The second-order valence-electron chi connectivity index (χ2n) is 4.78. The number of halogens is 1. The van der Waals surface area contributed by atoms with Crippen molar-refractivity contribution in [2.45, 2.75) is 32.1 Å². The van der Waals surface area contributed by atoms with Crippen molar-refractivity contribution in [3.05, 3.63) is 34.3 Å². The van der Waals surface area contributed by atoms with E-state index in [0.717, 1.165) is 22.9 Å². The second kappa shape index (κ2) is 5.67. The molecule has 1 fully saturated rings. The summed E-state index contributed by atoms with van der Waals surface area (Å²) >= 11 is 3.49. The molecule has 17 heavy (non-hydrogen) atoms. The van der Waals surface area contributed by atoms with E-state index in [9.17, 15) is 9.90 Å². The van der Waals surface area contributed by atoms with E-state index in [-0.39, 0.29) is 5.92 Å². The van der Waals surface area contributed by atoms with Gasteiger partial charge >= 0.3 is 5.97 Å². The highest BCUT2D eigenvalue weighted by molar-refractivity contribution is 9.10. The van der Waals surface area contributed by atoms with Crippen LogP contribution in [0.2, 0.25) is 0 Å². The van der Waals surface area contributed by atoms with Crippen molar-refractivity contribution < 1.29 is 9.90 Å². The van der Waals surface area contributed by atoms with E-state index in [4.69, 9.17) is 0 Å². The average Bonchev–Trinajstić information content (AvgIpc) is 2.81. The van der Waals surface area contributed by atoms with Gasteiger partial charge in [0.15, 0.2) is 0 Å². The Balaban J connectivity index is 2.12. The molecule has 1 aliphatic rings. The molecule has 0 saturated heterocycles. The Bertz CT molecular complexity index is 397. The maximum absolute atomic E-state index is 11.4. The fraction of sp³-hybridized carbons (Fsp3) is 0.500. The molecular formula is C14H17BrO2. The lowest BCUT2D eigenvalue weighted by atomic mass is 9.86. The molecule has 1 aromatic rings. The molecule has 0 spiro atoms. The monoisotopic (exact) mass is 296 g/mol. The average molecular weight is 297 g/mol. The number of carboxylic acids is 1. The SMILES string of the molecule is O=C(O)C(Cc1ccccc1Br)C1CCCC1. The summed E-state index contributed by atoms with van der Waals surface area (Å²) in [6.45, 7) is 0. The summed E-state index contributed by atoms with van der Waals surface area (Å²) in [6, 6.07) is 7.91. The fourth-order valence-corrected chi connectivity index (χ4v) is 3.16. The van der Waals surface area contributed by atoms with Gasteiger partial charge in [-0.15, -0.1) is 0 Å². The lowest BCUT2D eigenvalue weighted by Gasteiger charge is -2.19. The third-order valence-electron chi connectivity index (χ3n) is 3.68. The highest BCUT2D eigenvalue weighted by Gasteiger charge is 2.30. The maximum atomic E-state index is 11.4. The third-order valence-corrected chi connectivity index (χ3v) is 4.46. The molecule has 1 unspecified atom stereocenters. The molecule has 0 radical (unpaired) electrons. The van der Waals surface area contributed by atoms with E-state index in [2.05, 4.69) is 15.9 Å². The van der Waals surface area contributed by atoms with Gasteiger partial charge in [-0.2, -0.15) is 0 Å². The molecule has 2 rings (SSSR count). The van der Waals surface area contributed by atoms with Crippen LogP contribution < -0.4 is 0 Å². The number of carboxylic acid groups (broad SMARTS) is 1. The Hall–Kier alpha value is -0.830. The molecule has 1 atom stereocenters. The minimum Gasteiger partial charge on any atom is -0.481 e. The van der Waals surface area contributed by atoms with Crippen LogP contribution in [-0.4, -0.2) is 11.1 Å². The topological polar surface area (TPSA) is 37.3 Å². The van der Waals surface area contributed by atoms with Gasteiger partial charge in [0.1, 0.15) is 0 Å². The van der Waals surface area contributed by atoms with Crippen LogP contribution in [-0.2, 0) is 11.2 Å². The Morgan fingerprint density at radius 3 is 2.59 bits per heavy atom. The van der Waals surface area contributed by atoms with Crippen LogP contribution in [0.5, 0.6) is 0 Å². The van der Waals surface area contributed by atoms with Gasteiger partial charge in [-0.05, 0) is 36.8 Å². The first-order valence-electron chi connectivity index (χ1n) is 6.14. The number of aliphatic carboxylic acids is 1. The first kappa shape index (κ1) is 12.6. The van der Waals surface area contributed by atoms with Crippen molar-refractivity contribution >= 4 is 21.9 Å². The normalized spacial score (nSPS) is 18.2. The summed E-state index contributed by atoms with van der Waals surface area (Å²) in [4.78, 5) is 11.4. The Labute approximate surface area is 110 Å². The smallest absolute Gasteiger partial charge is 0.307 e. The quantitative estimate of drug-likeness (QED) is 0.915. The highest BCUT2D eigenvalue weighted by Crippen LogP contribution is 2.34. The summed E-state index contributed by atoms with van der Waals surface area (Å²) in [6.07, 6.45) is 5.15. The van der Waals surface area contributed by atoms with Gasteiger partial charge in [-0.1, -0.05) is 47.0 Å². The number of rotatable bonds is 4. The van der Waals surface area contributed by atoms with Crippen LogP contribution in [0.3, 0.4) is 0 Å². The predicted octanol–water partition coefficient (Wildman–Crippen LogP) is 3.88. The number of carbonyl (C=O) groups is 1. The van der Waals surface area contributed by atoms with Crippen LogP contribution >= 0.6 is 15.9 Å². The van der Waals surface area contributed by atoms with Gasteiger partial charge in [-0.25, -0.2) is 0 Å². The predicted molar refractivity (Wildman–Crippen MR) is 70.9 cm³/mol. The summed E-state index contributed by atoms with van der Waals surface area (Å²) < 4.78 is 1.02. The largest absolute Gasteiger partial charge is 0.481 e. The van der Waals surface area contributed by atoms with E-state index < -0.39 is 5.97 Å². The molecule has 2 nitrogen and oxygen atoms in total. The van der Waals surface area contributed by atoms with Crippen molar-refractivity contribution in [2.75, 3.05) is 0 Å². The molecule has 3 heteroatoms. The summed E-state index contributed by atoms with van der Waals surface area (Å²) in [5.74, 6) is -0.511. The van der Waals surface area contributed by atoms with Crippen molar-refractivity contribution in [3.8, 4) is 0 Å². The Kier molecular flexibility index (Phi) is 4.21. The molecule has 0 heterocycles. The molecule has 0 bridgehead atoms. The van der Waals surface area contributed by atoms with Gasteiger partial charge in [0.05, 0.1) is 5.92 Å². The van der Waals surface area contributed by atoms with Crippen LogP contribution in [0.1, 0.15) is 31.2 Å². The highest BCUT2D eigenvalue weighted by atomic mass is 79.9. The van der Waals surface area contributed by atoms with Crippen molar-refractivity contribution in [1.29, 1.82) is 0 Å². The van der Waals surface area contributed by atoms with Crippen LogP contribution in [0.25, 0.3) is 0 Å². The molecular weight excluding hydrogens is 280 g/mol. The van der Waals surface area contributed by atoms with E-state index in [1.165, 1.54) is 12.8 Å². The zero-order valence-electron chi connectivity index (χ0n) is 9.73. The van der Waals surface area contributed by atoms with Crippen molar-refractivity contribution in [2.24, 2.45) is 11.8 Å². The fourth-order valence-electron chi connectivity index (χ4n) is 2.72. The maximum Gasteiger partial charge on any atom is 0.307 e. The van der Waals surface area contributed by atoms with Gasteiger partial charge in [-0.3, -0.25) is 4.79 Å². The number of benzene rings is 1. The third kappa shape index (κ3) is 3.09. The number of hydrogen-bond acceptors (Lipinski definition) is 1. The molecule has 92 valence electrons. The first-order valence-corrected chi connectivity index (χ1v) is 6.94. The Morgan fingerprint density at radius 1 is 1.35 bits per heavy atom. The molecule has 1 N–H and O–H groups in total. The van der Waals surface area contributed by atoms with E-state index >= 15 is 0 Å². The molecule has 0 aliphatic heterocycles. The standard InChI is InChI=1S/C14H17BrO2/c15-13-8-4-3-7-11(13)9-12(14(16)17)10-5-1-2-6-10/h3-4,7-8,10,12H,1-2,5-6,9H2,(H,16,17). The molecule has 0 aromatic heterocycles. The lowest BCUT2D eigenvalue weighted by Crippen LogP contribution is -2.24. The molecule has 1 saturated carbocycles. The molecule has 0 amide bonds. The Morgan fingerprint density at radius 2 is 2.00 bits per heavy atom. The lowest BCUT2D eigenvalue weighted by molar-refractivity contribution is -0.143. The zero-order valence-corrected chi connectivity index (χ0v) is 11.3. The van der Waals surface area contributed by atoms with Crippen molar-refractivity contribution in [3.63, 3.8) is 0 Å². The zero-order chi connectivity index (χ0) is 12.3. The van der Waals surface area contributed by atoms with Gasteiger partial charge in [0.25, 0.3) is 0 Å². The van der Waals surface area contributed by atoms with Crippen LogP contribution in [0.4, 0.5) is 0 Å².